The maximum Gasteiger partial charge on any atom is 0.0322 e. The maximum atomic E-state index is 4.13. The van der Waals surface area contributed by atoms with Crippen molar-refractivity contribution in [3.63, 3.8) is 0 Å². The number of nitrogens with zero attached hydrogens (tertiary/aromatic N) is 2. The average Bonchev–Trinajstić information content (AvgIpc) is 2.56. The molecular formula is C17H27N3. The first-order valence-corrected chi connectivity index (χ1v) is 8.22. The second-order valence-corrected chi connectivity index (χ2v) is 6.41. The summed E-state index contributed by atoms with van der Waals surface area (Å²) in [6.45, 7) is 5.83. The molecule has 3 nitrogen and oxygen atoms in total. The quantitative estimate of drug-likeness (QED) is 0.917. The van der Waals surface area contributed by atoms with Crippen LogP contribution < -0.4 is 5.32 Å². The Morgan fingerprint density at radius 2 is 1.95 bits per heavy atom. The third-order valence-electron chi connectivity index (χ3n) is 5.19. The lowest BCUT2D eigenvalue weighted by atomic mass is 9.83. The van der Waals surface area contributed by atoms with E-state index < -0.39 is 0 Å². The van der Waals surface area contributed by atoms with Gasteiger partial charge < -0.3 is 5.32 Å². The molecule has 20 heavy (non-hydrogen) atoms. The van der Waals surface area contributed by atoms with Gasteiger partial charge in [0, 0.05) is 44.1 Å². The van der Waals surface area contributed by atoms with E-state index >= 15 is 0 Å². The minimum Gasteiger partial charge on any atom is -0.311 e. The van der Waals surface area contributed by atoms with Gasteiger partial charge in [0.25, 0.3) is 0 Å². The van der Waals surface area contributed by atoms with Gasteiger partial charge in [0.1, 0.15) is 0 Å². The molecule has 2 fully saturated rings. The molecule has 2 unspecified atom stereocenters. The van der Waals surface area contributed by atoms with E-state index in [0.29, 0.717) is 12.1 Å². The van der Waals surface area contributed by atoms with Crippen LogP contribution >= 0.6 is 0 Å². The van der Waals surface area contributed by atoms with Gasteiger partial charge >= 0.3 is 0 Å². The van der Waals surface area contributed by atoms with Crippen molar-refractivity contribution in [2.24, 2.45) is 5.92 Å². The molecule has 2 heterocycles. The van der Waals surface area contributed by atoms with Gasteiger partial charge in [-0.15, -0.1) is 0 Å². The molecule has 3 heteroatoms. The van der Waals surface area contributed by atoms with Crippen molar-refractivity contribution < 1.29 is 0 Å². The lowest BCUT2D eigenvalue weighted by molar-refractivity contribution is 0.115. The fourth-order valence-corrected chi connectivity index (χ4v) is 3.86. The van der Waals surface area contributed by atoms with Crippen molar-refractivity contribution in [2.75, 3.05) is 19.6 Å². The lowest BCUT2D eigenvalue weighted by Crippen LogP contribution is -2.54. The number of aromatic nitrogens is 1. The van der Waals surface area contributed by atoms with Gasteiger partial charge in [-0.3, -0.25) is 9.88 Å². The summed E-state index contributed by atoms with van der Waals surface area (Å²) < 4.78 is 0. The molecule has 1 N–H and O–H groups in total. The molecule has 0 spiro atoms. The summed E-state index contributed by atoms with van der Waals surface area (Å²) in [4.78, 5) is 6.77. The Bertz CT molecular complexity index is 400. The minimum absolute atomic E-state index is 0.506. The first kappa shape index (κ1) is 14.0. The average molecular weight is 273 g/mol. The van der Waals surface area contributed by atoms with E-state index in [9.17, 15) is 0 Å². The summed E-state index contributed by atoms with van der Waals surface area (Å²) in [5.41, 5.74) is 1.39. The monoisotopic (exact) mass is 273 g/mol. The van der Waals surface area contributed by atoms with Gasteiger partial charge in [0.2, 0.25) is 0 Å². The molecule has 1 aliphatic heterocycles. The van der Waals surface area contributed by atoms with Crippen LogP contribution in [-0.4, -0.2) is 35.6 Å². The summed E-state index contributed by atoms with van der Waals surface area (Å²) >= 11 is 0. The first-order chi connectivity index (χ1) is 9.84. The summed E-state index contributed by atoms with van der Waals surface area (Å²) in [6.07, 6.45) is 11.0. The standard InChI is InChI=1S/C17H27N3/c1-14(15-7-9-18-10-8-15)20-12-11-19-17(13-20)16-5-3-2-4-6-16/h7-10,14,16-17,19H,2-6,11-13H2,1H3. The van der Waals surface area contributed by atoms with Gasteiger partial charge in [-0.2, -0.15) is 0 Å². The Kier molecular flexibility index (Phi) is 4.69. The predicted octanol–water partition coefficient (Wildman–Crippen LogP) is 3.00. The van der Waals surface area contributed by atoms with Crippen molar-refractivity contribution in [3.8, 4) is 0 Å². The van der Waals surface area contributed by atoms with Crippen molar-refractivity contribution in [1.29, 1.82) is 0 Å². The summed E-state index contributed by atoms with van der Waals surface area (Å²) in [5.74, 6) is 0.899. The fraction of sp³-hybridized carbons (Fsp3) is 0.706. The minimum atomic E-state index is 0.506. The second-order valence-electron chi connectivity index (χ2n) is 6.41. The molecular weight excluding hydrogens is 246 g/mol. The molecule has 2 aliphatic rings. The van der Waals surface area contributed by atoms with Crippen LogP contribution in [0.2, 0.25) is 0 Å². The zero-order valence-corrected chi connectivity index (χ0v) is 12.6. The number of hydrogen-bond acceptors (Lipinski definition) is 3. The number of rotatable bonds is 3. The number of piperazine rings is 1. The SMILES string of the molecule is CC(c1ccncc1)N1CCNC(C2CCCCC2)C1. The van der Waals surface area contributed by atoms with Crippen LogP contribution in [0, 0.1) is 5.92 Å². The van der Waals surface area contributed by atoms with Crippen LogP contribution in [-0.2, 0) is 0 Å². The molecule has 1 saturated heterocycles. The Balaban J connectivity index is 1.62. The van der Waals surface area contributed by atoms with Crippen LogP contribution in [0.25, 0.3) is 0 Å². The van der Waals surface area contributed by atoms with Crippen molar-refractivity contribution >= 4 is 0 Å². The Hall–Kier alpha value is -0.930. The van der Waals surface area contributed by atoms with E-state index in [0.717, 1.165) is 19.0 Å². The Labute approximate surface area is 122 Å². The molecule has 0 amide bonds. The second kappa shape index (κ2) is 6.68. The number of pyridine rings is 1. The van der Waals surface area contributed by atoms with E-state index in [2.05, 4.69) is 34.3 Å². The van der Waals surface area contributed by atoms with Crippen molar-refractivity contribution in [3.05, 3.63) is 30.1 Å². The van der Waals surface area contributed by atoms with Crippen molar-refractivity contribution in [2.45, 2.75) is 51.1 Å². The Morgan fingerprint density at radius 3 is 2.70 bits per heavy atom. The molecule has 110 valence electrons. The lowest BCUT2D eigenvalue weighted by Gasteiger charge is -2.41. The predicted molar refractivity (Wildman–Crippen MR) is 82.6 cm³/mol. The molecule has 0 bridgehead atoms. The molecule has 1 aliphatic carbocycles. The first-order valence-electron chi connectivity index (χ1n) is 8.22. The normalized spacial score (nSPS) is 27.4. The van der Waals surface area contributed by atoms with E-state index in [1.165, 1.54) is 44.2 Å². The highest BCUT2D eigenvalue weighted by Crippen LogP contribution is 2.29. The van der Waals surface area contributed by atoms with Crippen molar-refractivity contribution in [1.82, 2.24) is 15.2 Å². The molecule has 1 aromatic heterocycles. The zero-order chi connectivity index (χ0) is 13.8. The number of nitrogens with one attached hydrogen (secondary N) is 1. The highest BCUT2D eigenvalue weighted by molar-refractivity contribution is 5.14. The van der Waals surface area contributed by atoms with Crippen LogP contribution in [0.5, 0.6) is 0 Å². The highest BCUT2D eigenvalue weighted by Gasteiger charge is 2.29. The van der Waals surface area contributed by atoms with Gasteiger partial charge in [0.15, 0.2) is 0 Å². The smallest absolute Gasteiger partial charge is 0.0322 e. The largest absolute Gasteiger partial charge is 0.311 e. The van der Waals surface area contributed by atoms with Crippen LogP contribution in [0.4, 0.5) is 0 Å². The van der Waals surface area contributed by atoms with Gasteiger partial charge in [-0.25, -0.2) is 0 Å². The maximum absolute atomic E-state index is 4.13. The molecule has 0 aromatic carbocycles. The van der Waals surface area contributed by atoms with Gasteiger partial charge in [0.05, 0.1) is 0 Å². The third kappa shape index (κ3) is 3.21. The molecule has 1 saturated carbocycles. The third-order valence-corrected chi connectivity index (χ3v) is 5.19. The molecule has 2 atom stereocenters. The fourth-order valence-electron chi connectivity index (χ4n) is 3.86. The van der Waals surface area contributed by atoms with Crippen LogP contribution in [0.15, 0.2) is 24.5 Å². The van der Waals surface area contributed by atoms with E-state index in [1.54, 1.807) is 0 Å². The topological polar surface area (TPSA) is 28.2 Å². The zero-order valence-electron chi connectivity index (χ0n) is 12.6. The van der Waals surface area contributed by atoms with E-state index in [4.69, 9.17) is 0 Å². The highest BCUT2D eigenvalue weighted by atomic mass is 15.2. The number of hydrogen-bond donors (Lipinski definition) is 1. The summed E-state index contributed by atoms with van der Waals surface area (Å²) in [6, 6.07) is 5.52. The Morgan fingerprint density at radius 1 is 1.20 bits per heavy atom. The molecule has 3 rings (SSSR count). The van der Waals surface area contributed by atoms with Gasteiger partial charge in [-0.1, -0.05) is 19.3 Å². The summed E-state index contributed by atoms with van der Waals surface area (Å²) in [5, 5.41) is 3.77. The van der Waals surface area contributed by atoms with E-state index in [-0.39, 0.29) is 0 Å². The van der Waals surface area contributed by atoms with E-state index in [1.807, 2.05) is 12.4 Å². The van der Waals surface area contributed by atoms with Crippen LogP contribution in [0.3, 0.4) is 0 Å². The van der Waals surface area contributed by atoms with Gasteiger partial charge in [-0.05, 0) is 43.4 Å². The molecule has 1 aromatic rings. The summed E-state index contributed by atoms with van der Waals surface area (Å²) in [7, 11) is 0. The molecule has 0 radical (unpaired) electrons. The van der Waals surface area contributed by atoms with Crippen LogP contribution in [0.1, 0.15) is 50.6 Å².